The fourth-order valence-electron chi connectivity index (χ4n) is 4.42. The Morgan fingerprint density at radius 3 is 2.39 bits per heavy atom. The van der Waals surface area contributed by atoms with Gasteiger partial charge in [0, 0.05) is 11.3 Å². The first-order chi connectivity index (χ1) is 13.2. The van der Waals surface area contributed by atoms with Gasteiger partial charge in [-0.15, -0.1) is 0 Å². The number of hydrogen-bond acceptors (Lipinski definition) is 2. The highest BCUT2D eigenvalue weighted by Gasteiger charge is 2.58. The summed E-state index contributed by atoms with van der Waals surface area (Å²) < 4.78 is 54.6. The molecule has 1 amide bonds. The van der Waals surface area contributed by atoms with Gasteiger partial charge in [0.2, 0.25) is 0 Å². The number of alkyl halides is 2. The minimum Gasteiger partial charge on any atom is -0.398 e. The van der Waals surface area contributed by atoms with E-state index >= 15 is 0 Å². The van der Waals surface area contributed by atoms with Gasteiger partial charge in [0.05, 0.1) is 17.2 Å². The van der Waals surface area contributed by atoms with Crippen LogP contribution in [-0.2, 0) is 5.41 Å². The van der Waals surface area contributed by atoms with Crippen LogP contribution in [0.1, 0.15) is 65.7 Å². The molecule has 0 spiro atoms. The molecule has 0 radical (unpaired) electrons. The van der Waals surface area contributed by atoms with Crippen molar-refractivity contribution in [1.82, 2.24) is 5.32 Å². The number of nitrogens with two attached hydrogens (primary N) is 1. The normalized spacial score (nSPS) is 23.7. The number of halogens is 4. The number of anilines is 1. The maximum atomic E-state index is 14.4. The van der Waals surface area contributed by atoms with Gasteiger partial charge in [0.1, 0.15) is 11.6 Å². The van der Waals surface area contributed by atoms with E-state index in [0.29, 0.717) is 11.5 Å². The maximum Gasteiger partial charge on any atom is 0.266 e. The summed E-state index contributed by atoms with van der Waals surface area (Å²) in [7, 11) is 0. The number of carbonyl (C=O) groups is 1. The van der Waals surface area contributed by atoms with Crippen molar-refractivity contribution < 1.29 is 22.4 Å². The molecule has 3 fully saturated rings. The number of rotatable bonds is 5. The van der Waals surface area contributed by atoms with Crippen LogP contribution < -0.4 is 11.1 Å². The average molecular weight is 392 g/mol. The third kappa shape index (κ3) is 2.84. The molecule has 3 saturated carbocycles. The summed E-state index contributed by atoms with van der Waals surface area (Å²) in [5, 5.41) is 2.58. The summed E-state index contributed by atoms with van der Waals surface area (Å²) >= 11 is 0. The molecule has 2 aromatic carbocycles. The van der Waals surface area contributed by atoms with Gasteiger partial charge in [0.15, 0.2) is 0 Å². The van der Waals surface area contributed by atoms with Crippen LogP contribution in [0.4, 0.5) is 23.2 Å². The molecule has 3 N–H and O–H groups in total. The predicted molar refractivity (Wildman–Crippen MR) is 97.1 cm³/mol. The Morgan fingerprint density at radius 1 is 1.18 bits per heavy atom. The van der Waals surface area contributed by atoms with Gasteiger partial charge < -0.3 is 11.1 Å². The number of amides is 1. The highest BCUT2D eigenvalue weighted by molar-refractivity contribution is 5.99. The van der Waals surface area contributed by atoms with E-state index in [1.54, 1.807) is 0 Å². The van der Waals surface area contributed by atoms with Gasteiger partial charge in [-0.05, 0) is 55.2 Å². The second-order valence-corrected chi connectivity index (χ2v) is 7.92. The zero-order chi connectivity index (χ0) is 20.2. The van der Waals surface area contributed by atoms with E-state index in [1.165, 1.54) is 25.1 Å². The lowest BCUT2D eigenvalue weighted by Crippen LogP contribution is -2.55. The number of carbonyl (C=O) groups excluding carboxylic acids is 1. The summed E-state index contributed by atoms with van der Waals surface area (Å²) in [6.07, 6.45) is -0.212. The second-order valence-electron chi connectivity index (χ2n) is 7.92. The van der Waals surface area contributed by atoms with Crippen molar-refractivity contribution in [1.29, 1.82) is 0 Å². The topological polar surface area (TPSA) is 55.1 Å². The first-order valence-corrected chi connectivity index (χ1v) is 9.18. The first kappa shape index (κ1) is 18.8. The van der Waals surface area contributed by atoms with Gasteiger partial charge >= 0.3 is 0 Å². The highest BCUT2D eigenvalue weighted by Crippen LogP contribution is 2.65. The van der Waals surface area contributed by atoms with Crippen LogP contribution in [0.2, 0.25) is 0 Å². The Morgan fingerprint density at radius 2 is 1.82 bits per heavy atom. The van der Waals surface area contributed by atoms with Gasteiger partial charge in [0.25, 0.3) is 12.3 Å². The van der Waals surface area contributed by atoms with Crippen molar-refractivity contribution in [2.45, 2.75) is 44.1 Å². The van der Waals surface area contributed by atoms with E-state index in [1.807, 2.05) is 0 Å². The van der Waals surface area contributed by atoms with Crippen LogP contribution in [0.25, 0.3) is 0 Å². The van der Waals surface area contributed by atoms with E-state index in [0.717, 1.165) is 31.4 Å². The molecular weight excluding hydrogens is 372 g/mol. The van der Waals surface area contributed by atoms with Crippen molar-refractivity contribution in [3.8, 4) is 0 Å². The van der Waals surface area contributed by atoms with Crippen LogP contribution >= 0.6 is 0 Å². The summed E-state index contributed by atoms with van der Waals surface area (Å²) in [6, 6.07) is 5.42. The predicted octanol–water partition coefficient (Wildman–Crippen LogP) is 5.03. The summed E-state index contributed by atoms with van der Waals surface area (Å²) in [4.78, 5) is 12.7. The van der Waals surface area contributed by atoms with Crippen molar-refractivity contribution >= 4 is 11.6 Å². The maximum absolute atomic E-state index is 14.4. The van der Waals surface area contributed by atoms with Crippen LogP contribution in [0.15, 0.2) is 30.3 Å². The third-order valence-corrected chi connectivity index (χ3v) is 6.10. The summed E-state index contributed by atoms with van der Waals surface area (Å²) in [6.45, 7) is 1.49. The molecule has 7 heteroatoms. The standard InChI is InChI=1S/C21H20F4N2O/c1-10(12-3-2-4-13(18(12)23)19(24)25)27-20(28)14-5-15(16(22)6-17(14)26)21-7-11(8-21)9-21/h2-6,10-11,19H,7-9,26H2,1H3,(H,27,28)/t10-,11?,21?/m1/s1. The van der Waals surface area contributed by atoms with Crippen molar-refractivity contribution in [2.75, 3.05) is 5.73 Å². The third-order valence-electron chi connectivity index (χ3n) is 6.10. The van der Waals surface area contributed by atoms with E-state index in [9.17, 15) is 22.4 Å². The molecule has 3 nitrogen and oxygen atoms in total. The zero-order valence-electron chi connectivity index (χ0n) is 15.2. The largest absolute Gasteiger partial charge is 0.398 e. The molecule has 28 heavy (non-hydrogen) atoms. The lowest BCUT2D eigenvalue weighted by molar-refractivity contribution is -0.0300. The van der Waals surface area contributed by atoms with Gasteiger partial charge in [-0.1, -0.05) is 18.2 Å². The van der Waals surface area contributed by atoms with Crippen LogP contribution in [0.5, 0.6) is 0 Å². The van der Waals surface area contributed by atoms with E-state index in [-0.39, 0.29) is 22.2 Å². The van der Waals surface area contributed by atoms with Crippen LogP contribution in [-0.4, -0.2) is 5.91 Å². The molecule has 0 heterocycles. The second kappa shape index (κ2) is 6.50. The monoisotopic (exact) mass is 392 g/mol. The zero-order valence-corrected chi connectivity index (χ0v) is 15.2. The molecular formula is C21H20F4N2O. The van der Waals surface area contributed by atoms with E-state index in [2.05, 4.69) is 5.32 Å². The first-order valence-electron chi connectivity index (χ1n) is 9.18. The Hall–Kier alpha value is -2.57. The number of benzene rings is 2. The fraction of sp³-hybridized carbons (Fsp3) is 0.381. The van der Waals surface area contributed by atoms with Crippen molar-refractivity contribution in [3.05, 3.63) is 64.2 Å². The number of nitrogen functional groups attached to an aromatic ring is 1. The Labute approximate surface area is 159 Å². The molecule has 2 bridgehead atoms. The van der Waals surface area contributed by atoms with Gasteiger partial charge in [-0.25, -0.2) is 17.6 Å². The Bertz CT molecular complexity index is 943. The lowest BCUT2D eigenvalue weighted by atomic mass is 9.42. The summed E-state index contributed by atoms with van der Waals surface area (Å²) in [5.41, 5.74) is 5.47. The van der Waals surface area contributed by atoms with Gasteiger partial charge in [-0.2, -0.15) is 0 Å². The van der Waals surface area contributed by atoms with Crippen molar-refractivity contribution in [2.24, 2.45) is 5.92 Å². The summed E-state index contributed by atoms with van der Waals surface area (Å²) in [5.74, 6) is -1.43. The minimum absolute atomic E-state index is 0.0145. The number of nitrogens with one attached hydrogen (secondary N) is 1. The Balaban J connectivity index is 1.59. The molecule has 0 aromatic heterocycles. The van der Waals surface area contributed by atoms with Crippen LogP contribution in [0, 0.1) is 17.6 Å². The molecule has 148 valence electrons. The molecule has 3 aliphatic rings. The molecule has 2 aromatic rings. The molecule has 0 unspecified atom stereocenters. The van der Waals surface area contributed by atoms with E-state index < -0.39 is 35.6 Å². The molecule has 1 atom stereocenters. The Kier molecular flexibility index (Phi) is 4.36. The van der Waals surface area contributed by atoms with E-state index in [4.69, 9.17) is 5.73 Å². The molecule has 0 aliphatic heterocycles. The van der Waals surface area contributed by atoms with Gasteiger partial charge in [-0.3, -0.25) is 4.79 Å². The SMILES string of the molecule is C[C@@H](NC(=O)c1cc(C23CC(C2)C3)c(F)cc1N)c1cccc(C(F)F)c1F. The molecule has 5 rings (SSSR count). The molecule has 3 aliphatic carbocycles. The van der Waals surface area contributed by atoms with Crippen molar-refractivity contribution in [3.63, 3.8) is 0 Å². The smallest absolute Gasteiger partial charge is 0.266 e. The quantitative estimate of drug-likeness (QED) is 0.554. The lowest BCUT2D eigenvalue weighted by Gasteiger charge is -2.62. The fourth-order valence-corrected chi connectivity index (χ4v) is 4.42. The average Bonchev–Trinajstić information content (AvgIpc) is 2.53. The minimum atomic E-state index is -2.95. The number of hydrogen-bond donors (Lipinski definition) is 2. The van der Waals surface area contributed by atoms with Crippen LogP contribution in [0.3, 0.4) is 0 Å². The highest BCUT2D eigenvalue weighted by atomic mass is 19.3. The molecule has 0 saturated heterocycles.